The van der Waals surface area contributed by atoms with E-state index in [0.717, 1.165) is 44.6 Å². The Labute approximate surface area is 163 Å². The molecule has 1 aromatic carbocycles. The van der Waals surface area contributed by atoms with Gasteiger partial charge < -0.3 is 15.4 Å². The Bertz CT molecular complexity index is 773. The van der Waals surface area contributed by atoms with Crippen LogP contribution in [0.5, 0.6) is 5.75 Å². The van der Waals surface area contributed by atoms with Crippen LogP contribution in [0.1, 0.15) is 51.4 Å². The number of nitrogens with one attached hydrogen (secondary N) is 2. The van der Waals surface area contributed by atoms with E-state index in [1.165, 1.54) is 13.1 Å². The monoisotopic (exact) mass is 394 g/mol. The van der Waals surface area contributed by atoms with Gasteiger partial charge in [-0.25, -0.2) is 4.39 Å². The van der Waals surface area contributed by atoms with Gasteiger partial charge in [-0.3, -0.25) is 9.59 Å². The van der Waals surface area contributed by atoms with Crippen molar-refractivity contribution in [3.8, 4) is 5.75 Å². The van der Waals surface area contributed by atoms with Gasteiger partial charge in [0.25, 0.3) is 5.91 Å². The molecule has 2 aliphatic carbocycles. The van der Waals surface area contributed by atoms with Crippen molar-refractivity contribution in [1.29, 1.82) is 0 Å². The summed E-state index contributed by atoms with van der Waals surface area (Å²) in [6.07, 6.45) is 6.87. The van der Waals surface area contributed by atoms with Crippen molar-refractivity contribution >= 4 is 29.1 Å². The fourth-order valence-corrected chi connectivity index (χ4v) is 3.85. The standard InChI is InChI=1S/C20H24ClFN2O3/c1-23-19(25)13-8-4-5-9-14(13)20(26)24-17-11-18(15(21)10-16(17)22)27-12-6-2-3-7-12/h10-12H,2-9H2,1H3,(H,23,25)(H,24,26). The van der Waals surface area contributed by atoms with Crippen molar-refractivity contribution in [2.75, 3.05) is 12.4 Å². The lowest BCUT2D eigenvalue weighted by atomic mass is 9.90. The third-order valence-electron chi connectivity index (χ3n) is 5.11. The topological polar surface area (TPSA) is 67.4 Å². The number of halogens is 2. The van der Waals surface area contributed by atoms with E-state index in [9.17, 15) is 14.0 Å². The molecule has 2 amide bonds. The number of likely N-dealkylation sites (N-methyl/N-ethyl adjacent to an activating group) is 1. The van der Waals surface area contributed by atoms with Crippen molar-refractivity contribution in [3.05, 3.63) is 34.1 Å². The number of hydrogen-bond donors (Lipinski definition) is 2. The van der Waals surface area contributed by atoms with Gasteiger partial charge in [-0.05, 0) is 57.4 Å². The van der Waals surface area contributed by atoms with Crippen LogP contribution in [0.3, 0.4) is 0 Å². The van der Waals surface area contributed by atoms with Gasteiger partial charge in [-0.15, -0.1) is 0 Å². The van der Waals surface area contributed by atoms with E-state index in [0.29, 0.717) is 29.7 Å². The number of amides is 2. The summed E-state index contributed by atoms with van der Waals surface area (Å²) in [6.45, 7) is 0. The average Bonchev–Trinajstić information content (AvgIpc) is 3.18. The Morgan fingerprint density at radius 1 is 1.07 bits per heavy atom. The van der Waals surface area contributed by atoms with Gasteiger partial charge in [-0.1, -0.05) is 11.6 Å². The Hall–Kier alpha value is -2.08. The summed E-state index contributed by atoms with van der Waals surface area (Å²) in [7, 11) is 1.53. The van der Waals surface area contributed by atoms with Crippen molar-refractivity contribution in [2.45, 2.75) is 57.5 Å². The molecule has 0 spiro atoms. The predicted octanol–water partition coefficient (Wildman–Crippen LogP) is 4.36. The van der Waals surface area contributed by atoms with Crippen LogP contribution in [0.2, 0.25) is 5.02 Å². The Balaban J connectivity index is 1.82. The number of benzene rings is 1. The first kappa shape index (κ1) is 19.7. The molecule has 1 saturated carbocycles. The molecule has 0 heterocycles. The van der Waals surface area contributed by atoms with Crippen molar-refractivity contribution < 1.29 is 18.7 Å². The third-order valence-corrected chi connectivity index (χ3v) is 5.40. The molecule has 0 atom stereocenters. The van der Waals surface area contributed by atoms with E-state index in [1.54, 1.807) is 0 Å². The molecule has 7 heteroatoms. The average molecular weight is 395 g/mol. The SMILES string of the molecule is CNC(=O)C1=C(C(=O)Nc2cc(OC3CCCC3)c(Cl)cc2F)CCCC1. The van der Waals surface area contributed by atoms with Crippen LogP contribution in [0.15, 0.2) is 23.3 Å². The minimum absolute atomic E-state index is 0.00623. The summed E-state index contributed by atoms with van der Waals surface area (Å²) < 4.78 is 20.2. The first-order chi connectivity index (χ1) is 13.0. The van der Waals surface area contributed by atoms with Gasteiger partial charge in [0.15, 0.2) is 0 Å². The van der Waals surface area contributed by atoms with Crippen molar-refractivity contribution in [2.24, 2.45) is 0 Å². The summed E-state index contributed by atoms with van der Waals surface area (Å²) in [5, 5.41) is 5.34. The lowest BCUT2D eigenvalue weighted by Gasteiger charge is -2.20. The highest BCUT2D eigenvalue weighted by molar-refractivity contribution is 6.32. The molecule has 0 bridgehead atoms. The van der Waals surface area contributed by atoms with E-state index >= 15 is 0 Å². The lowest BCUT2D eigenvalue weighted by Crippen LogP contribution is -2.27. The molecular weight excluding hydrogens is 371 g/mol. The highest BCUT2D eigenvalue weighted by Gasteiger charge is 2.25. The molecule has 27 heavy (non-hydrogen) atoms. The van der Waals surface area contributed by atoms with Gasteiger partial charge >= 0.3 is 0 Å². The molecule has 146 valence electrons. The summed E-state index contributed by atoms with van der Waals surface area (Å²) in [6, 6.07) is 2.58. The molecule has 0 saturated heterocycles. The van der Waals surface area contributed by atoms with Gasteiger partial charge in [0.2, 0.25) is 5.91 Å². The number of ether oxygens (including phenoxy) is 1. The molecule has 5 nitrogen and oxygen atoms in total. The van der Waals surface area contributed by atoms with E-state index in [2.05, 4.69) is 10.6 Å². The van der Waals surface area contributed by atoms with Crippen LogP contribution in [0, 0.1) is 5.82 Å². The van der Waals surface area contributed by atoms with Crippen LogP contribution in [0.25, 0.3) is 0 Å². The zero-order chi connectivity index (χ0) is 19.4. The fraction of sp³-hybridized carbons (Fsp3) is 0.500. The van der Waals surface area contributed by atoms with Gasteiger partial charge in [0, 0.05) is 24.3 Å². The largest absolute Gasteiger partial charge is 0.489 e. The molecule has 0 unspecified atom stereocenters. The maximum atomic E-state index is 14.3. The van der Waals surface area contributed by atoms with Gasteiger partial charge in [0.05, 0.1) is 16.8 Å². The van der Waals surface area contributed by atoms with E-state index in [4.69, 9.17) is 16.3 Å². The summed E-state index contributed by atoms with van der Waals surface area (Å²) in [5.74, 6) is -0.988. The molecule has 3 rings (SSSR count). The van der Waals surface area contributed by atoms with Crippen molar-refractivity contribution in [1.82, 2.24) is 5.32 Å². The lowest BCUT2D eigenvalue weighted by molar-refractivity contribution is -0.118. The van der Waals surface area contributed by atoms with Crippen molar-refractivity contribution in [3.63, 3.8) is 0 Å². The summed E-state index contributed by atoms with van der Waals surface area (Å²) in [4.78, 5) is 24.7. The molecular formula is C20H24ClFN2O3. The zero-order valence-electron chi connectivity index (χ0n) is 15.4. The molecule has 1 aromatic rings. The first-order valence-electron chi connectivity index (χ1n) is 9.40. The summed E-state index contributed by atoms with van der Waals surface area (Å²) >= 11 is 6.11. The van der Waals surface area contributed by atoms with Gasteiger partial charge in [-0.2, -0.15) is 0 Å². The zero-order valence-corrected chi connectivity index (χ0v) is 16.1. The first-order valence-corrected chi connectivity index (χ1v) is 9.78. The highest BCUT2D eigenvalue weighted by Crippen LogP contribution is 2.34. The highest BCUT2D eigenvalue weighted by atomic mass is 35.5. The van der Waals surface area contributed by atoms with Gasteiger partial charge in [0.1, 0.15) is 11.6 Å². The predicted molar refractivity (Wildman–Crippen MR) is 102 cm³/mol. The van der Waals surface area contributed by atoms with Crippen LogP contribution in [0.4, 0.5) is 10.1 Å². The number of rotatable bonds is 5. The Morgan fingerprint density at radius 3 is 2.33 bits per heavy atom. The molecule has 2 N–H and O–H groups in total. The van der Waals surface area contributed by atoms with E-state index in [1.807, 2.05) is 0 Å². The quantitative estimate of drug-likeness (QED) is 0.779. The summed E-state index contributed by atoms with van der Waals surface area (Å²) in [5.41, 5.74) is 0.887. The van der Waals surface area contributed by atoms with Crippen LogP contribution in [-0.4, -0.2) is 25.0 Å². The molecule has 1 fully saturated rings. The molecule has 2 aliphatic rings. The fourth-order valence-electron chi connectivity index (χ4n) is 3.66. The second-order valence-electron chi connectivity index (χ2n) is 6.98. The molecule has 0 radical (unpaired) electrons. The van der Waals surface area contributed by atoms with Crippen LogP contribution >= 0.6 is 11.6 Å². The smallest absolute Gasteiger partial charge is 0.252 e. The molecule has 0 aliphatic heterocycles. The minimum atomic E-state index is -0.634. The maximum absolute atomic E-state index is 14.3. The van der Waals surface area contributed by atoms with E-state index in [-0.39, 0.29) is 22.7 Å². The minimum Gasteiger partial charge on any atom is -0.489 e. The molecule has 0 aromatic heterocycles. The normalized spacial score (nSPS) is 17.7. The third kappa shape index (κ3) is 4.61. The number of carbonyl (C=O) groups excluding carboxylic acids is 2. The number of anilines is 1. The van der Waals surface area contributed by atoms with Crippen LogP contribution in [-0.2, 0) is 9.59 Å². The maximum Gasteiger partial charge on any atom is 0.252 e. The number of hydrogen-bond acceptors (Lipinski definition) is 3. The van der Waals surface area contributed by atoms with Crippen LogP contribution < -0.4 is 15.4 Å². The van der Waals surface area contributed by atoms with E-state index < -0.39 is 11.7 Å². The number of carbonyl (C=O) groups is 2. The second kappa shape index (κ2) is 8.74. The Morgan fingerprint density at radius 2 is 1.70 bits per heavy atom. The Kier molecular flexibility index (Phi) is 6.37. The second-order valence-corrected chi connectivity index (χ2v) is 7.39.